The lowest BCUT2D eigenvalue weighted by molar-refractivity contribution is 0.0693. The molecule has 0 saturated carbocycles. The minimum atomic E-state index is -1.04. The van der Waals surface area contributed by atoms with Crippen LogP contribution in [0.5, 0.6) is 0 Å². The zero-order valence-electron chi connectivity index (χ0n) is 9.04. The summed E-state index contributed by atoms with van der Waals surface area (Å²) in [6.07, 6.45) is 0. The van der Waals surface area contributed by atoms with Crippen molar-refractivity contribution in [3.8, 4) is 0 Å². The van der Waals surface area contributed by atoms with Crippen molar-refractivity contribution in [2.24, 2.45) is 7.05 Å². The molecular weight excluding hydrogens is 236 g/mol. The third-order valence-electron chi connectivity index (χ3n) is 1.57. The van der Waals surface area contributed by atoms with Gasteiger partial charge in [0.05, 0.1) is 0 Å². The highest BCUT2D eigenvalue weighted by molar-refractivity contribution is 8.00. The van der Waals surface area contributed by atoms with Crippen LogP contribution >= 0.6 is 23.4 Å². The largest absolute Gasteiger partial charge is 0.477 e. The molecule has 15 heavy (non-hydrogen) atoms. The molecule has 0 unspecified atom stereocenters. The number of hydrogen-bond donors (Lipinski definition) is 1. The Morgan fingerprint density at radius 2 is 2.07 bits per heavy atom. The van der Waals surface area contributed by atoms with Gasteiger partial charge in [-0.1, -0.05) is 44.1 Å². The van der Waals surface area contributed by atoms with Crippen LogP contribution < -0.4 is 0 Å². The van der Waals surface area contributed by atoms with E-state index in [1.807, 2.05) is 20.8 Å². The predicted octanol–water partition coefficient (Wildman–Crippen LogP) is 2.66. The van der Waals surface area contributed by atoms with Crippen LogP contribution in [0.2, 0.25) is 5.15 Å². The molecule has 0 aliphatic heterocycles. The summed E-state index contributed by atoms with van der Waals surface area (Å²) >= 11 is 7.19. The van der Waals surface area contributed by atoms with Gasteiger partial charge in [-0.25, -0.2) is 4.79 Å². The van der Waals surface area contributed by atoms with Crippen molar-refractivity contribution in [2.45, 2.75) is 30.5 Å². The maximum Gasteiger partial charge on any atom is 0.341 e. The van der Waals surface area contributed by atoms with E-state index in [0.717, 1.165) is 0 Å². The SMILES string of the molecule is Cn1nc(Cl)c(C(=O)O)c1SC(C)(C)C. The summed E-state index contributed by atoms with van der Waals surface area (Å²) in [5, 5.41) is 13.5. The van der Waals surface area contributed by atoms with Gasteiger partial charge in [-0.3, -0.25) is 4.68 Å². The standard InChI is InChI=1S/C9H13ClN2O2S/c1-9(2,3)15-7-5(8(13)14)6(10)11-12(7)4/h1-4H3,(H,13,14). The average Bonchev–Trinajstić information content (AvgIpc) is 2.23. The van der Waals surface area contributed by atoms with Crippen molar-refractivity contribution >= 4 is 29.3 Å². The zero-order valence-corrected chi connectivity index (χ0v) is 10.6. The number of aromatic nitrogens is 2. The van der Waals surface area contributed by atoms with Crippen LogP contribution in [0.15, 0.2) is 5.03 Å². The van der Waals surface area contributed by atoms with Crippen molar-refractivity contribution in [2.75, 3.05) is 0 Å². The lowest BCUT2D eigenvalue weighted by Crippen LogP contribution is -2.11. The Morgan fingerprint density at radius 3 is 2.47 bits per heavy atom. The summed E-state index contributed by atoms with van der Waals surface area (Å²) in [4.78, 5) is 11.0. The smallest absolute Gasteiger partial charge is 0.341 e. The monoisotopic (exact) mass is 248 g/mol. The fraction of sp³-hybridized carbons (Fsp3) is 0.556. The van der Waals surface area contributed by atoms with Gasteiger partial charge in [-0.2, -0.15) is 5.10 Å². The Morgan fingerprint density at radius 1 is 1.53 bits per heavy atom. The van der Waals surface area contributed by atoms with Crippen molar-refractivity contribution < 1.29 is 9.90 Å². The molecule has 0 spiro atoms. The van der Waals surface area contributed by atoms with E-state index < -0.39 is 5.97 Å². The number of rotatable bonds is 2. The van der Waals surface area contributed by atoms with Gasteiger partial charge in [0.15, 0.2) is 5.15 Å². The molecule has 0 radical (unpaired) electrons. The molecule has 0 bridgehead atoms. The van der Waals surface area contributed by atoms with Gasteiger partial charge in [0.2, 0.25) is 0 Å². The first-order valence-corrected chi connectivity index (χ1v) is 5.56. The van der Waals surface area contributed by atoms with E-state index >= 15 is 0 Å². The molecule has 4 nitrogen and oxygen atoms in total. The van der Waals surface area contributed by atoms with Crippen LogP contribution in [0.3, 0.4) is 0 Å². The van der Waals surface area contributed by atoms with Crippen LogP contribution in [0.4, 0.5) is 0 Å². The number of aryl methyl sites for hydroxylation is 1. The molecule has 0 saturated heterocycles. The lowest BCUT2D eigenvalue weighted by Gasteiger charge is -2.17. The predicted molar refractivity (Wildman–Crippen MR) is 60.8 cm³/mol. The van der Waals surface area contributed by atoms with Crippen molar-refractivity contribution in [1.29, 1.82) is 0 Å². The van der Waals surface area contributed by atoms with Crippen molar-refractivity contribution in [3.05, 3.63) is 10.7 Å². The fourth-order valence-corrected chi connectivity index (χ4v) is 2.44. The van der Waals surface area contributed by atoms with Crippen molar-refractivity contribution in [1.82, 2.24) is 9.78 Å². The second-order valence-electron chi connectivity index (χ2n) is 4.11. The van der Waals surface area contributed by atoms with Gasteiger partial charge in [0.1, 0.15) is 10.6 Å². The molecule has 0 aliphatic rings. The molecular formula is C9H13ClN2O2S. The summed E-state index contributed by atoms with van der Waals surface area (Å²) in [5.41, 5.74) is 0.0825. The molecule has 1 N–H and O–H groups in total. The summed E-state index contributed by atoms with van der Waals surface area (Å²) in [7, 11) is 1.69. The molecule has 1 heterocycles. The molecule has 1 aromatic heterocycles. The second kappa shape index (κ2) is 4.06. The van der Waals surface area contributed by atoms with E-state index in [1.165, 1.54) is 16.4 Å². The Bertz CT molecular complexity index is 396. The zero-order chi connectivity index (χ0) is 11.8. The van der Waals surface area contributed by atoms with Gasteiger partial charge >= 0.3 is 5.97 Å². The van der Waals surface area contributed by atoms with Gasteiger partial charge in [-0.05, 0) is 0 Å². The van der Waals surface area contributed by atoms with Crippen LogP contribution in [-0.2, 0) is 7.05 Å². The third-order valence-corrected chi connectivity index (χ3v) is 3.11. The number of carboxylic acid groups (broad SMARTS) is 1. The van der Waals surface area contributed by atoms with Gasteiger partial charge in [-0.15, -0.1) is 0 Å². The van der Waals surface area contributed by atoms with Crippen molar-refractivity contribution in [3.63, 3.8) is 0 Å². The highest BCUT2D eigenvalue weighted by atomic mass is 35.5. The van der Waals surface area contributed by atoms with Gasteiger partial charge < -0.3 is 5.11 Å². The highest BCUT2D eigenvalue weighted by Gasteiger charge is 2.25. The first-order valence-electron chi connectivity index (χ1n) is 4.37. The maximum atomic E-state index is 11.0. The molecule has 0 aromatic carbocycles. The van der Waals surface area contributed by atoms with E-state index in [2.05, 4.69) is 5.10 Å². The quantitative estimate of drug-likeness (QED) is 0.818. The number of halogens is 1. The summed E-state index contributed by atoms with van der Waals surface area (Å²) in [6.45, 7) is 6.01. The second-order valence-corrected chi connectivity index (χ2v) is 6.29. The molecule has 0 atom stereocenters. The topological polar surface area (TPSA) is 55.1 Å². The number of carbonyl (C=O) groups is 1. The van der Waals surface area contributed by atoms with Crippen LogP contribution in [0.25, 0.3) is 0 Å². The minimum Gasteiger partial charge on any atom is -0.477 e. The fourth-order valence-electron chi connectivity index (χ4n) is 1.06. The Hall–Kier alpha value is -0.680. The summed E-state index contributed by atoms with van der Waals surface area (Å²) in [5.74, 6) is -1.04. The van der Waals surface area contributed by atoms with Crippen LogP contribution in [0, 0.1) is 0 Å². The Kier molecular flexibility index (Phi) is 3.35. The van der Waals surface area contributed by atoms with Crippen LogP contribution in [0.1, 0.15) is 31.1 Å². The van der Waals surface area contributed by atoms with E-state index in [4.69, 9.17) is 16.7 Å². The Labute approximate surface area is 97.6 Å². The molecule has 0 amide bonds. The van der Waals surface area contributed by atoms with Crippen LogP contribution in [-0.4, -0.2) is 25.6 Å². The number of nitrogens with zero attached hydrogens (tertiary/aromatic N) is 2. The molecule has 0 aliphatic carbocycles. The molecule has 1 rings (SSSR count). The first kappa shape index (κ1) is 12.4. The van der Waals surface area contributed by atoms with Gasteiger partial charge in [0.25, 0.3) is 0 Å². The van der Waals surface area contributed by atoms with E-state index in [0.29, 0.717) is 5.03 Å². The molecule has 6 heteroatoms. The molecule has 1 aromatic rings. The van der Waals surface area contributed by atoms with E-state index in [9.17, 15) is 4.79 Å². The Balaban J connectivity index is 3.21. The third kappa shape index (κ3) is 2.89. The molecule has 0 fully saturated rings. The molecule has 84 valence electrons. The number of aromatic carboxylic acids is 1. The van der Waals surface area contributed by atoms with E-state index in [1.54, 1.807) is 7.05 Å². The maximum absolute atomic E-state index is 11.0. The lowest BCUT2D eigenvalue weighted by atomic mass is 10.3. The number of thioether (sulfide) groups is 1. The highest BCUT2D eigenvalue weighted by Crippen LogP contribution is 2.36. The summed E-state index contributed by atoms with van der Waals surface area (Å²) < 4.78 is 1.42. The minimum absolute atomic E-state index is 0.0387. The first-order chi connectivity index (χ1) is 6.72. The van der Waals surface area contributed by atoms with E-state index in [-0.39, 0.29) is 15.5 Å². The normalized spacial score (nSPS) is 11.8. The van der Waals surface area contributed by atoms with Gasteiger partial charge in [0, 0.05) is 11.8 Å². The summed E-state index contributed by atoms with van der Waals surface area (Å²) in [6, 6.07) is 0. The average molecular weight is 249 g/mol. The number of hydrogen-bond acceptors (Lipinski definition) is 3. The number of carboxylic acids is 1.